The van der Waals surface area contributed by atoms with Gasteiger partial charge in [-0.2, -0.15) is 0 Å². The van der Waals surface area contributed by atoms with Gasteiger partial charge in [0.15, 0.2) is 0 Å². The maximum absolute atomic E-state index is 2.51. The Balaban J connectivity index is 1.26. The SMILES string of the molecule is c1ccc(B2c3ccccc3-c3ccccc3N2c2ccc(-c3ccc4sc5ccccc5c4c3)cc2)cc1. The molecule has 0 saturated carbocycles. The van der Waals surface area contributed by atoms with Crippen molar-refractivity contribution < 1.29 is 0 Å². The minimum absolute atomic E-state index is 0.0941. The van der Waals surface area contributed by atoms with Crippen LogP contribution in [0, 0.1) is 0 Å². The zero-order chi connectivity index (χ0) is 25.8. The van der Waals surface area contributed by atoms with E-state index in [0.717, 1.165) is 0 Å². The first kappa shape index (κ1) is 22.4. The summed E-state index contributed by atoms with van der Waals surface area (Å²) in [6.07, 6.45) is 0. The van der Waals surface area contributed by atoms with Crippen molar-refractivity contribution in [1.29, 1.82) is 0 Å². The van der Waals surface area contributed by atoms with Crippen molar-refractivity contribution >= 4 is 60.7 Å². The zero-order valence-corrected chi connectivity index (χ0v) is 22.1. The molecule has 0 amide bonds. The molecule has 182 valence electrons. The van der Waals surface area contributed by atoms with Crippen LogP contribution >= 0.6 is 11.3 Å². The summed E-state index contributed by atoms with van der Waals surface area (Å²) >= 11 is 1.87. The average molecular weight is 513 g/mol. The lowest BCUT2D eigenvalue weighted by Crippen LogP contribution is -2.57. The molecular formula is C36H24BNS. The first-order valence-electron chi connectivity index (χ1n) is 13.4. The molecule has 39 heavy (non-hydrogen) atoms. The Kier molecular flexibility index (Phi) is 5.17. The summed E-state index contributed by atoms with van der Waals surface area (Å²) in [5.41, 5.74) is 10.1. The fraction of sp³-hybridized carbons (Fsp3) is 0. The Morgan fingerprint density at radius 2 is 1.15 bits per heavy atom. The molecule has 1 nitrogen and oxygen atoms in total. The van der Waals surface area contributed by atoms with E-state index in [9.17, 15) is 0 Å². The first-order valence-corrected chi connectivity index (χ1v) is 14.2. The van der Waals surface area contributed by atoms with Crippen molar-refractivity contribution in [2.45, 2.75) is 0 Å². The predicted octanol–water partition coefficient (Wildman–Crippen LogP) is 8.65. The molecule has 7 aromatic rings. The van der Waals surface area contributed by atoms with Gasteiger partial charge in [0.25, 0.3) is 0 Å². The highest BCUT2D eigenvalue weighted by Crippen LogP contribution is 2.40. The molecule has 0 atom stereocenters. The summed E-state index contributed by atoms with van der Waals surface area (Å²) in [6, 6.07) is 53.2. The van der Waals surface area contributed by atoms with Crippen LogP contribution in [-0.4, -0.2) is 6.85 Å². The quantitative estimate of drug-likeness (QED) is 0.214. The van der Waals surface area contributed by atoms with Crippen molar-refractivity contribution in [2.24, 2.45) is 0 Å². The number of rotatable bonds is 3. The normalized spacial score (nSPS) is 12.5. The maximum Gasteiger partial charge on any atom is 0.328 e. The molecule has 1 aromatic heterocycles. The minimum atomic E-state index is 0.0941. The maximum atomic E-state index is 2.51. The van der Waals surface area contributed by atoms with Crippen LogP contribution in [0.3, 0.4) is 0 Å². The van der Waals surface area contributed by atoms with Gasteiger partial charge in [-0.15, -0.1) is 11.3 Å². The number of hydrogen-bond acceptors (Lipinski definition) is 2. The third-order valence-corrected chi connectivity index (χ3v) is 9.09. The van der Waals surface area contributed by atoms with Crippen molar-refractivity contribution in [3.63, 3.8) is 0 Å². The number of benzene rings is 6. The van der Waals surface area contributed by atoms with Gasteiger partial charge in [0, 0.05) is 37.1 Å². The third-order valence-electron chi connectivity index (χ3n) is 7.94. The Morgan fingerprint density at radius 3 is 2.03 bits per heavy atom. The smallest absolute Gasteiger partial charge is 0.328 e. The molecule has 0 fully saturated rings. The molecule has 6 aromatic carbocycles. The molecule has 8 rings (SSSR count). The van der Waals surface area contributed by atoms with Gasteiger partial charge >= 0.3 is 6.85 Å². The lowest BCUT2D eigenvalue weighted by molar-refractivity contribution is 1.36. The zero-order valence-electron chi connectivity index (χ0n) is 21.3. The molecule has 0 N–H and O–H groups in total. The topological polar surface area (TPSA) is 3.24 Å². The van der Waals surface area contributed by atoms with E-state index in [4.69, 9.17) is 0 Å². The van der Waals surface area contributed by atoms with Gasteiger partial charge in [-0.05, 0) is 58.6 Å². The van der Waals surface area contributed by atoms with Crippen molar-refractivity contribution in [1.82, 2.24) is 0 Å². The van der Waals surface area contributed by atoms with Crippen molar-refractivity contribution in [3.05, 3.63) is 146 Å². The fourth-order valence-electron chi connectivity index (χ4n) is 6.14. The van der Waals surface area contributed by atoms with Gasteiger partial charge in [-0.1, -0.05) is 115 Å². The molecule has 0 radical (unpaired) electrons. The van der Waals surface area contributed by atoms with Crippen molar-refractivity contribution in [3.8, 4) is 22.3 Å². The third kappa shape index (κ3) is 3.62. The second kappa shape index (κ2) is 9.01. The van der Waals surface area contributed by atoms with Crippen LogP contribution in [0.5, 0.6) is 0 Å². The van der Waals surface area contributed by atoms with E-state index in [-0.39, 0.29) is 6.85 Å². The number of hydrogen-bond donors (Lipinski definition) is 0. The lowest BCUT2D eigenvalue weighted by atomic mass is 9.46. The molecular weight excluding hydrogens is 489 g/mol. The van der Waals surface area contributed by atoms with Crippen LogP contribution in [0.25, 0.3) is 42.4 Å². The Bertz CT molecular complexity index is 1970. The summed E-state index contributed by atoms with van der Waals surface area (Å²) < 4.78 is 2.68. The van der Waals surface area contributed by atoms with Crippen LogP contribution in [0.15, 0.2) is 146 Å². The highest BCUT2D eigenvalue weighted by Gasteiger charge is 2.36. The number of nitrogens with zero attached hydrogens (tertiary/aromatic N) is 1. The molecule has 1 aliphatic rings. The standard InChI is InChI=1S/C36H24BNS/c1-2-10-27(11-3-1)37-33-15-7-4-12-29(33)30-13-5-8-16-34(30)38(37)28-21-18-25(19-22-28)26-20-23-36-32(24-26)31-14-6-9-17-35(31)39-36/h1-24H. The van der Waals surface area contributed by atoms with Gasteiger partial charge in [0.05, 0.1) is 0 Å². The van der Waals surface area contributed by atoms with Gasteiger partial charge in [-0.25, -0.2) is 0 Å². The second-order valence-electron chi connectivity index (χ2n) is 10.1. The molecule has 3 heteroatoms. The highest BCUT2D eigenvalue weighted by atomic mass is 32.1. The minimum Gasteiger partial charge on any atom is -0.376 e. The van der Waals surface area contributed by atoms with E-state index in [0.29, 0.717) is 0 Å². The van der Waals surface area contributed by atoms with E-state index in [1.807, 2.05) is 11.3 Å². The molecule has 0 saturated heterocycles. The number of para-hydroxylation sites is 1. The van der Waals surface area contributed by atoms with E-state index >= 15 is 0 Å². The van der Waals surface area contributed by atoms with Gasteiger partial charge < -0.3 is 4.81 Å². The highest BCUT2D eigenvalue weighted by molar-refractivity contribution is 7.25. The van der Waals surface area contributed by atoms with Crippen LogP contribution in [0.2, 0.25) is 0 Å². The van der Waals surface area contributed by atoms with Crippen LogP contribution in [-0.2, 0) is 0 Å². The van der Waals surface area contributed by atoms with E-state index in [1.165, 1.54) is 64.7 Å². The number of anilines is 2. The molecule has 0 aliphatic carbocycles. The Labute approximate surface area is 232 Å². The Hall–Kier alpha value is -4.60. The van der Waals surface area contributed by atoms with Gasteiger partial charge in [0.2, 0.25) is 0 Å². The monoisotopic (exact) mass is 513 g/mol. The van der Waals surface area contributed by atoms with Crippen molar-refractivity contribution in [2.75, 3.05) is 4.81 Å². The fourth-order valence-corrected chi connectivity index (χ4v) is 7.23. The van der Waals surface area contributed by atoms with Crippen LogP contribution < -0.4 is 15.7 Å². The summed E-state index contributed by atoms with van der Waals surface area (Å²) in [5.74, 6) is 0. The second-order valence-corrected chi connectivity index (χ2v) is 11.2. The number of thiophene rings is 1. The van der Waals surface area contributed by atoms with Gasteiger partial charge in [-0.3, -0.25) is 0 Å². The van der Waals surface area contributed by atoms with E-state index in [2.05, 4.69) is 150 Å². The molecule has 1 aliphatic heterocycles. The predicted molar refractivity (Wildman–Crippen MR) is 170 cm³/mol. The van der Waals surface area contributed by atoms with Crippen LogP contribution in [0.1, 0.15) is 0 Å². The molecule has 2 heterocycles. The van der Waals surface area contributed by atoms with E-state index < -0.39 is 0 Å². The van der Waals surface area contributed by atoms with E-state index in [1.54, 1.807) is 0 Å². The molecule has 0 bridgehead atoms. The summed E-state index contributed by atoms with van der Waals surface area (Å²) in [4.78, 5) is 2.51. The number of fused-ring (bicyclic) bond motifs is 6. The molecule has 0 unspecified atom stereocenters. The largest absolute Gasteiger partial charge is 0.376 e. The summed E-state index contributed by atoms with van der Waals surface area (Å²) in [6.45, 7) is 0.0941. The van der Waals surface area contributed by atoms with Crippen LogP contribution in [0.4, 0.5) is 11.4 Å². The summed E-state index contributed by atoms with van der Waals surface area (Å²) in [7, 11) is 0. The van der Waals surface area contributed by atoms with Gasteiger partial charge in [0.1, 0.15) is 0 Å². The molecule has 0 spiro atoms. The Morgan fingerprint density at radius 1 is 0.487 bits per heavy atom. The first-order chi connectivity index (χ1) is 19.3. The lowest BCUT2D eigenvalue weighted by Gasteiger charge is -2.39. The average Bonchev–Trinajstić information content (AvgIpc) is 3.39. The summed E-state index contributed by atoms with van der Waals surface area (Å²) in [5, 5.41) is 2.67.